The lowest BCUT2D eigenvalue weighted by Gasteiger charge is -2.31. The van der Waals surface area contributed by atoms with Crippen LogP contribution in [-0.4, -0.2) is 24.7 Å². The summed E-state index contributed by atoms with van der Waals surface area (Å²) >= 11 is 5.90. The zero-order valence-corrected chi connectivity index (χ0v) is 9.79. The fourth-order valence-corrected chi connectivity index (χ4v) is 2.52. The van der Waals surface area contributed by atoms with Gasteiger partial charge in [-0.3, -0.25) is 0 Å². The molecule has 1 aromatic heterocycles. The number of methoxy groups -OCH3 is 1. The van der Waals surface area contributed by atoms with Crippen LogP contribution in [0.3, 0.4) is 0 Å². The molecule has 84 valence electrons. The number of nitrogens with zero attached hydrogens (tertiary/aromatic N) is 1. The van der Waals surface area contributed by atoms with Crippen LogP contribution in [0.4, 0.5) is 0 Å². The van der Waals surface area contributed by atoms with Gasteiger partial charge in [-0.25, -0.2) is 4.98 Å². The summed E-state index contributed by atoms with van der Waals surface area (Å²) in [4.78, 5) is 4.14. The van der Waals surface area contributed by atoms with Gasteiger partial charge in [0, 0.05) is 18.8 Å². The van der Waals surface area contributed by atoms with Gasteiger partial charge >= 0.3 is 0 Å². The Hall–Kier alpha value is -1.06. The van der Waals surface area contributed by atoms with E-state index in [0.29, 0.717) is 16.9 Å². The number of aromatic nitrogens is 1. The molecule has 0 radical (unpaired) electrons. The van der Waals surface area contributed by atoms with Gasteiger partial charge in [0.2, 0.25) is 0 Å². The van der Waals surface area contributed by atoms with Gasteiger partial charge in [0.15, 0.2) is 10.9 Å². The van der Waals surface area contributed by atoms with Crippen molar-refractivity contribution in [2.75, 3.05) is 13.7 Å². The van der Waals surface area contributed by atoms with Crippen LogP contribution >= 0.6 is 11.6 Å². The first-order valence-corrected chi connectivity index (χ1v) is 5.79. The van der Waals surface area contributed by atoms with Crippen LogP contribution in [0.2, 0.25) is 5.15 Å². The molecule has 0 saturated carbocycles. The summed E-state index contributed by atoms with van der Waals surface area (Å²) in [5, 5.41) is 3.82. The Morgan fingerprint density at radius 2 is 2.44 bits per heavy atom. The van der Waals surface area contributed by atoms with Crippen LogP contribution in [0, 0.1) is 5.92 Å². The number of rotatable bonds is 2. The van der Waals surface area contributed by atoms with E-state index in [9.17, 15) is 0 Å². The molecule has 4 heteroatoms. The fraction of sp³-hybridized carbons (Fsp3) is 0.417. The molecule has 1 aliphatic carbocycles. The van der Waals surface area contributed by atoms with Crippen molar-refractivity contribution in [3.63, 3.8) is 0 Å². The molecule has 2 heterocycles. The summed E-state index contributed by atoms with van der Waals surface area (Å²) < 4.78 is 5.18. The van der Waals surface area contributed by atoms with E-state index in [1.165, 1.54) is 5.57 Å². The van der Waals surface area contributed by atoms with E-state index in [0.717, 1.165) is 24.4 Å². The van der Waals surface area contributed by atoms with Gasteiger partial charge in [-0.1, -0.05) is 17.7 Å². The molecule has 2 unspecified atom stereocenters. The van der Waals surface area contributed by atoms with Crippen molar-refractivity contribution in [2.45, 2.75) is 12.5 Å². The molecule has 0 amide bonds. The smallest absolute Gasteiger partial charge is 0.171 e. The maximum absolute atomic E-state index is 5.90. The molecule has 1 aromatic rings. The first kappa shape index (κ1) is 10.1. The van der Waals surface area contributed by atoms with E-state index in [2.05, 4.69) is 16.4 Å². The average Bonchev–Trinajstić information content (AvgIpc) is 2.56. The minimum Gasteiger partial charge on any atom is -0.494 e. The summed E-state index contributed by atoms with van der Waals surface area (Å²) in [6.45, 7) is 1.13. The molecule has 1 aliphatic heterocycles. The SMILES string of the molecule is COc1cc(C2=CC3NCC3C2)cnc1Cl. The van der Waals surface area contributed by atoms with Gasteiger partial charge in [0.25, 0.3) is 0 Å². The topological polar surface area (TPSA) is 34.1 Å². The predicted octanol–water partition coefficient (Wildman–Crippen LogP) is 2.12. The molecule has 1 fully saturated rings. The van der Waals surface area contributed by atoms with E-state index < -0.39 is 0 Å². The average molecular weight is 237 g/mol. The summed E-state index contributed by atoms with van der Waals surface area (Å²) in [5.74, 6) is 1.42. The monoisotopic (exact) mass is 236 g/mol. The molecule has 1 saturated heterocycles. The standard InChI is InChI=1S/C12H13ClN2O/c1-16-11-4-8(5-15-12(11)13)7-2-9-6-14-10(9)3-7/h3-5,9-10,14H,2,6H2,1H3. The molecular formula is C12H13ClN2O. The number of pyridine rings is 1. The van der Waals surface area contributed by atoms with Gasteiger partial charge in [-0.05, 0) is 29.5 Å². The van der Waals surface area contributed by atoms with E-state index in [-0.39, 0.29) is 0 Å². The predicted molar refractivity (Wildman–Crippen MR) is 63.7 cm³/mol. The highest BCUT2D eigenvalue weighted by molar-refractivity contribution is 6.30. The number of nitrogens with one attached hydrogen (secondary N) is 1. The zero-order chi connectivity index (χ0) is 11.1. The molecule has 3 nitrogen and oxygen atoms in total. The number of ether oxygens (including phenoxy) is 1. The number of hydrogen-bond donors (Lipinski definition) is 1. The highest BCUT2D eigenvalue weighted by Gasteiger charge is 2.34. The number of allylic oxidation sites excluding steroid dienone is 1. The lowest BCUT2D eigenvalue weighted by atomic mass is 9.94. The van der Waals surface area contributed by atoms with Crippen molar-refractivity contribution in [1.29, 1.82) is 0 Å². The quantitative estimate of drug-likeness (QED) is 0.799. The molecule has 2 atom stereocenters. The lowest BCUT2D eigenvalue weighted by molar-refractivity contribution is 0.301. The van der Waals surface area contributed by atoms with Crippen molar-refractivity contribution in [3.8, 4) is 5.75 Å². The van der Waals surface area contributed by atoms with Crippen LogP contribution in [0.5, 0.6) is 5.75 Å². The minimum atomic E-state index is 0.422. The van der Waals surface area contributed by atoms with Crippen molar-refractivity contribution in [3.05, 3.63) is 29.1 Å². The lowest BCUT2D eigenvalue weighted by Crippen LogP contribution is -2.49. The molecule has 2 aliphatic rings. The Morgan fingerprint density at radius 1 is 1.56 bits per heavy atom. The molecule has 0 aromatic carbocycles. The van der Waals surface area contributed by atoms with E-state index in [4.69, 9.17) is 16.3 Å². The van der Waals surface area contributed by atoms with Gasteiger partial charge in [0.1, 0.15) is 0 Å². The van der Waals surface area contributed by atoms with E-state index in [1.54, 1.807) is 7.11 Å². The third kappa shape index (κ3) is 1.51. The summed E-state index contributed by atoms with van der Waals surface area (Å²) in [5.41, 5.74) is 2.47. The van der Waals surface area contributed by atoms with Crippen LogP contribution < -0.4 is 10.1 Å². The molecule has 1 N–H and O–H groups in total. The summed E-state index contributed by atoms with van der Waals surface area (Å²) in [6, 6.07) is 2.53. The summed E-state index contributed by atoms with van der Waals surface area (Å²) in [6.07, 6.45) is 5.24. The van der Waals surface area contributed by atoms with Gasteiger partial charge in [-0.15, -0.1) is 0 Å². The Kier molecular flexibility index (Phi) is 2.37. The fourth-order valence-electron chi connectivity index (χ4n) is 2.34. The molecule has 3 rings (SSSR count). The maximum Gasteiger partial charge on any atom is 0.171 e. The largest absolute Gasteiger partial charge is 0.494 e. The van der Waals surface area contributed by atoms with Crippen LogP contribution in [0.15, 0.2) is 18.3 Å². The van der Waals surface area contributed by atoms with Gasteiger partial charge < -0.3 is 10.1 Å². The number of fused-ring (bicyclic) bond motifs is 1. The first-order valence-electron chi connectivity index (χ1n) is 5.42. The summed E-state index contributed by atoms with van der Waals surface area (Å²) in [7, 11) is 1.61. The van der Waals surface area contributed by atoms with Crippen LogP contribution in [0.1, 0.15) is 12.0 Å². The molecule has 16 heavy (non-hydrogen) atoms. The third-order valence-electron chi connectivity index (χ3n) is 3.38. The second-order valence-corrected chi connectivity index (χ2v) is 4.67. The van der Waals surface area contributed by atoms with E-state index in [1.807, 2.05) is 12.3 Å². The number of halogens is 1. The molecular weight excluding hydrogens is 224 g/mol. The normalized spacial score (nSPS) is 27.0. The van der Waals surface area contributed by atoms with Crippen LogP contribution in [-0.2, 0) is 0 Å². The Bertz CT molecular complexity index is 458. The Morgan fingerprint density at radius 3 is 3.00 bits per heavy atom. The van der Waals surface area contributed by atoms with Crippen LogP contribution in [0.25, 0.3) is 5.57 Å². The van der Waals surface area contributed by atoms with Crippen molar-refractivity contribution >= 4 is 17.2 Å². The minimum absolute atomic E-state index is 0.422. The van der Waals surface area contributed by atoms with Crippen molar-refractivity contribution in [1.82, 2.24) is 10.3 Å². The Labute approximate surface area is 99.5 Å². The third-order valence-corrected chi connectivity index (χ3v) is 3.67. The van der Waals surface area contributed by atoms with Gasteiger partial charge in [0.05, 0.1) is 7.11 Å². The van der Waals surface area contributed by atoms with Gasteiger partial charge in [-0.2, -0.15) is 0 Å². The Balaban J connectivity index is 1.92. The second-order valence-electron chi connectivity index (χ2n) is 4.31. The molecule has 0 bridgehead atoms. The van der Waals surface area contributed by atoms with E-state index >= 15 is 0 Å². The first-order chi connectivity index (χ1) is 7.78. The van der Waals surface area contributed by atoms with Crippen molar-refractivity contribution < 1.29 is 4.74 Å². The highest BCUT2D eigenvalue weighted by atomic mass is 35.5. The second kappa shape index (κ2) is 3.75. The van der Waals surface area contributed by atoms with Crippen molar-refractivity contribution in [2.24, 2.45) is 5.92 Å². The maximum atomic E-state index is 5.90. The highest BCUT2D eigenvalue weighted by Crippen LogP contribution is 2.37. The molecule has 0 spiro atoms. The number of hydrogen-bond acceptors (Lipinski definition) is 3. The zero-order valence-electron chi connectivity index (χ0n) is 9.03.